The first kappa shape index (κ1) is 28.6. The van der Waals surface area contributed by atoms with Gasteiger partial charge in [-0.05, 0) is 53.9 Å². The van der Waals surface area contributed by atoms with E-state index in [0.29, 0.717) is 22.6 Å². The van der Waals surface area contributed by atoms with Crippen LogP contribution < -0.4 is 5.32 Å². The van der Waals surface area contributed by atoms with Crippen LogP contribution in [0.1, 0.15) is 49.8 Å². The van der Waals surface area contributed by atoms with E-state index in [1.54, 1.807) is 24.3 Å². The van der Waals surface area contributed by atoms with Gasteiger partial charge in [0, 0.05) is 16.8 Å². The summed E-state index contributed by atoms with van der Waals surface area (Å²) >= 11 is 0. The fourth-order valence-corrected chi connectivity index (χ4v) is 3.98. The highest BCUT2D eigenvalue weighted by molar-refractivity contribution is 5.80. The Labute approximate surface area is 222 Å². The molecule has 4 rings (SSSR count). The molecule has 1 heterocycles. The molecule has 2 nitrogen and oxygen atoms in total. The average molecular weight is 521 g/mol. The summed E-state index contributed by atoms with van der Waals surface area (Å²) in [5, 5.41) is 3.05. The van der Waals surface area contributed by atoms with E-state index in [9.17, 15) is 17.6 Å². The smallest absolute Gasteiger partial charge is 0.340 e. The molecule has 1 N–H and O–H groups in total. The highest BCUT2D eigenvalue weighted by Gasteiger charge is 2.33. The Bertz CT molecular complexity index is 1360. The van der Waals surface area contributed by atoms with E-state index >= 15 is 0 Å². The third-order valence-electron chi connectivity index (χ3n) is 5.95. The number of aryl methyl sites for hydroxylation is 1. The third kappa shape index (κ3) is 7.54. The quantitative estimate of drug-likeness (QED) is 0.245. The summed E-state index contributed by atoms with van der Waals surface area (Å²) in [7, 11) is 0. The Kier molecular flexibility index (Phi) is 9.83. The van der Waals surface area contributed by atoms with E-state index in [1.165, 1.54) is 43.5 Å². The molecular formula is C32H32F4N2. The first-order chi connectivity index (χ1) is 18.1. The van der Waals surface area contributed by atoms with Crippen molar-refractivity contribution in [3.63, 3.8) is 0 Å². The van der Waals surface area contributed by atoms with E-state index in [-0.39, 0.29) is 11.3 Å². The topological polar surface area (TPSA) is 24.9 Å². The number of aromatic nitrogens is 1. The number of hydrogen-bond acceptors (Lipinski definition) is 2. The van der Waals surface area contributed by atoms with Crippen LogP contribution in [0.25, 0.3) is 28.1 Å². The van der Waals surface area contributed by atoms with Crippen molar-refractivity contribution >= 4 is 11.5 Å². The minimum absolute atomic E-state index is 0.0293. The van der Waals surface area contributed by atoms with Crippen LogP contribution in [0, 0.1) is 12.7 Å². The molecule has 6 heteroatoms. The zero-order valence-electron chi connectivity index (χ0n) is 21.9. The number of pyridine rings is 1. The summed E-state index contributed by atoms with van der Waals surface area (Å²) in [4.78, 5) is 4.46. The summed E-state index contributed by atoms with van der Waals surface area (Å²) in [6.45, 7) is 10.2. The molecule has 0 spiro atoms. The van der Waals surface area contributed by atoms with Gasteiger partial charge in [0.1, 0.15) is 11.6 Å². The van der Waals surface area contributed by atoms with Crippen molar-refractivity contribution < 1.29 is 17.6 Å². The van der Waals surface area contributed by atoms with Crippen LogP contribution in [0.2, 0.25) is 0 Å². The largest absolute Gasteiger partial charge is 0.417 e. The van der Waals surface area contributed by atoms with Crippen molar-refractivity contribution in [1.29, 1.82) is 0 Å². The summed E-state index contributed by atoms with van der Waals surface area (Å²) in [5.74, 6) is -0.110. The van der Waals surface area contributed by atoms with Crippen molar-refractivity contribution in [1.82, 2.24) is 4.98 Å². The van der Waals surface area contributed by atoms with Gasteiger partial charge in [0.2, 0.25) is 0 Å². The molecule has 38 heavy (non-hydrogen) atoms. The van der Waals surface area contributed by atoms with E-state index in [1.807, 2.05) is 37.3 Å². The molecule has 0 aliphatic carbocycles. The van der Waals surface area contributed by atoms with Crippen LogP contribution in [0.4, 0.5) is 23.4 Å². The van der Waals surface area contributed by atoms with E-state index < -0.39 is 17.6 Å². The zero-order valence-corrected chi connectivity index (χ0v) is 21.9. The van der Waals surface area contributed by atoms with Gasteiger partial charge in [0.25, 0.3) is 0 Å². The number of rotatable bonds is 7. The van der Waals surface area contributed by atoms with Gasteiger partial charge in [-0.15, -0.1) is 0 Å². The molecule has 0 atom stereocenters. The first-order valence-corrected chi connectivity index (χ1v) is 12.6. The minimum atomic E-state index is -4.53. The van der Waals surface area contributed by atoms with Crippen LogP contribution in [0.15, 0.2) is 91.5 Å². The number of halogens is 4. The van der Waals surface area contributed by atoms with Crippen molar-refractivity contribution in [3.05, 3.63) is 114 Å². The number of unbranched alkanes of at least 4 members (excludes halogenated alkanes) is 2. The monoisotopic (exact) mass is 520 g/mol. The maximum atomic E-state index is 13.8. The molecule has 198 valence electrons. The molecule has 0 unspecified atom stereocenters. The van der Waals surface area contributed by atoms with Gasteiger partial charge >= 0.3 is 6.18 Å². The number of anilines is 1. The first-order valence-electron chi connectivity index (χ1n) is 12.6. The van der Waals surface area contributed by atoms with Crippen molar-refractivity contribution in [2.75, 3.05) is 5.32 Å². The Balaban J connectivity index is 0.000000732. The van der Waals surface area contributed by atoms with Crippen molar-refractivity contribution in [2.24, 2.45) is 0 Å². The molecule has 0 radical (unpaired) electrons. The Hall–Kier alpha value is -3.93. The second-order valence-corrected chi connectivity index (χ2v) is 8.95. The normalized spacial score (nSPS) is 10.9. The van der Waals surface area contributed by atoms with Gasteiger partial charge in [0.15, 0.2) is 0 Å². The molecule has 0 fully saturated rings. The molecule has 0 saturated heterocycles. The number of nitrogens with zero attached hydrogens (tertiary/aromatic N) is 1. The summed E-state index contributed by atoms with van der Waals surface area (Å²) < 4.78 is 54.8. The number of alkyl halides is 3. The molecule has 3 aromatic carbocycles. The number of benzene rings is 3. The number of hydrogen-bond donors (Lipinski definition) is 1. The van der Waals surface area contributed by atoms with Gasteiger partial charge in [-0.2, -0.15) is 13.2 Å². The summed E-state index contributed by atoms with van der Waals surface area (Å²) in [5.41, 5.74) is 2.61. The molecule has 4 aromatic rings. The standard InChI is InChI=1S/C27H20F4N2.C5H12/c1-17-12-13-21(28)16-23(17)18(2)32-26-15-20(19-8-4-3-5-9-19)14-25(33-26)22-10-6-7-11-24(22)27(29,30)31;1-3-5-4-2/h3-16H,2H2,1H3,(H,32,33);3-5H2,1-2H3. The van der Waals surface area contributed by atoms with Crippen LogP contribution in [-0.4, -0.2) is 4.98 Å². The predicted molar refractivity (Wildman–Crippen MR) is 149 cm³/mol. The SMILES string of the molecule is C=C(Nc1cc(-c2ccccc2)cc(-c2ccccc2C(F)(F)F)n1)c1cc(F)ccc1C.CCCCC. The molecular weight excluding hydrogens is 488 g/mol. The summed E-state index contributed by atoms with van der Waals surface area (Å²) in [6, 6.07) is 22.3. The van der Waals surface area contributed by atoms with Crippen LogP contribution >= 0.6 is 0 Å². The fraction of sp³-hybridized carbons (Fsp3) is 0.219. The molecule has 1 aromatic heterocycles. The van der Waals surface area contributed by atoms with Crippen molar-refractivity contribution in [3.8, 4) is 22.4 Å². The van der Waals surface area contributed by atoms with E-state index in [2.05, 4.69) is 30.7 Å². The van der Waals surface area contributed by atoms with Gasteiger partial charge in [-0.25, -0.2) is 9.37 Å². The maximum absolute atomic E-state index is 13.8. The second kappa shape index (κ2) is 13.0. The van der Waals surface area contributed by atoms with Crippen LogP contribution in [0.3, 0.4) is 0 Å². The maximum Gasteiger partial charge on any atom is 0.417 e. The van der Waals surface area contributed by atoms with Crippen LogP contribution in [0.5, 0.6) is 0 Å². The lowest BCUT2D eigenvalue weighted by atomic mass is 9.99. The van der Waals surface area contributed by atoms with E-state index in [4.69, 9.17) is 0 Å². The molecule has 0 saturated carbocycles. The fourth-order valence-electron chi connectivity index (χ4n) is 3.98. The van der Waals surface area contributed by atoms with Gasteiger partial charge in [0.05, 0.1) is 11.3 Å². The van der Waals surface area contributed by atoms with Gasteiger partial charge in [-0.3, -0.25) is 0 Å². The van der Waals surface area contributed by atoms with Gasteiger partial charge < -0.3 is 5.32 Å². The Morgan fingerprint density at radius 1 is 0.842 bits per heavy atom. The highest BCUT2D eigenvalue weighted by Crippen LogP contribution is 2.38. The Morgan fingerprint density at radius 2 is 1.50 bits per heavy atom. The zero-order chi connectivity index (χ0) is 27.7. The second-order valence-electron chi connectivity index (χ2n) is 8.95. The molecule has 0 aliphatic rings. The Morgan fingerprint density at radius 3 is 2.13 bits per heavy atom. The van der Waals surface area contributed by atoms with Gasteiger partial charge in [-0.1, -0.05) is 94.3 Å². The van der Waals surface area contributed by atoms with Crippen LogP contribution in [-0.2, 0) is 6.18 Å². The van der Waals surface area contributed by atoms with E-state index in [0.717, 1.165) is 17.2 Å². The molecule has 0 amide bonds. The lowest BCUT2D eigenvalue weighted by Gasteiger charge is -2.16. The molecule has 0 aliphatic heterocycles. The predicted octanol–water partition coefficient (Wildman–Crippen LogP) is 10.2. The lowest BCUT2D eigenvalue weighted by Crippen LogP contribution is -2.08. The summed E-state index contributed by atoms with van der Waals surface area (Å²) in [6.07, 6.45) is -0.454. The highest BCUT2D eigenvalue weighted by atomic mass is 19.4. The number of nitrogens with one attached hydrogen (secondary N) is 1. The lowest BCUT2D eigenvalue weighted by molar-refractivity contribution is -0.137. The average Bonchev–Trinajstić information content (AvgIpc) is 2.90. The van der Waals surface area contributed by atoms with Crippen molar-refractivity contribution in [2.45, 2.75) is 46.2 Å². The minimum Gasteiger partial charge on any atom is -0.340 e. The molecule has 0 bridgehead atoms. The third-order valence-corrected chi connectivity index (χ3v) is 5.95.